The fraction of sp³-hybridized carbons (Fsp3) is 0.732. The molecule has 0 amide bonds. The molecule has 0 saturated carbocycles. The zero-order chi connectivity index (χ0) is 39.4. The molecule has 12 heteroatoms. The number of hydrogen-bond acceptors (Lipinski definition) is 11. The van der Waals surface area contributed by atoms with Gasteiger partial charge in [-0.1, -0.05) is 58.0 Å². The van der Waals surface area contributed by atoms with Crippen molar-refractivity contribution in [2.24, 2.45) is 29.6 Å². The quantitative estimate of drug-likeness (QED) is 0.272. The summed E-state index contributed by atoms with van der Waals surface area (Å²) in [6.45, 7) is 14.5. The van der Waals surface area contributed by atoms with Gasteiger partial charge in [-0.15, -0.1) is 0 Å². The van der Waals surface area contributed by atoms with Gasteiger partial charge in [-0.2, -0.15) is 0 Å². The van der Waals surface area contributed by atoms with E-state index in [4.69, 9.17) is 23.7 Å². The van der Waals surface area contributed by atoms with Gasteiger partial charge in [-0.3, -0.25) is 18.6 Å². The number of benzene rings is 1. The summed E-state index contributed by atoms with van der Waals surface area (Å²) in [5, 5.41) is 13.1. The van der Waals surface area contributed by atoms with Crippen LogP contribution in [0.5, 0.6) is 0 Å². The van der Waals surface area contributed by atoms with Crippen LogP contribution in [0.3, 0.4) is 0 Å². The van der Waals surface area contributed by atoms with Gasteiger partial charge in [0.2, 0.25) is 0 Å². The molecular formula is C41H63NO10S. The molecule has 3 saturated heterocycles. The molecule has 0 bridgehead atoms. The standard InChI is InChI=1S/C41H63NO10S/c1-12-32-41(8)33(30(22-49-41)23-53(47)19-18-29-16-14-13-15-17-29)26(4)34(43)24(2)21-40(7,48-11)37(27(5)35(44)28(6)38(46)51-32)52-39-36(45)31(42(9)10)20-25(3)50-39/h13-17,23-28,31-33,36-37,39,45H,12,18-22H2,1-11H3/b30-23+/t24?,25-,26?,27+,28?,31+,32-,33-,36-,37-,39+,40-,41-,53?/m1/s1. The number of cyclic esters (lactones) is 1. The molecule has 14 atom stereocenters. The van der Waals surface area contributed by atoms with Gasteiger partial charge in [0.25, 0.3) is 0 Å². The van der Waals surface area contributed by atoms with E-state index in [1.165, 1.54) is 14.0 Å². The number of aliphatic hydroxyl groups is 1. The summed E-state index contributed by atoms with van der Waals surface area (Å²) < 4.78 is 45.1. The number of ether oxygens (including phenoxy) is 5. The topological polar surface area (TPSA) is 138 Å². The van der Waals surface area contributed by atoms with Gasteiger partial charge in [0, 0.05) is 58.8 Å². The van der Waals surface area contributed by atoms with Crippen molar-refractivity contribution in [3.63, 3.8) is 0 Å². The average Bonchev–Trinajstić information content (AvgIpc) is 3.46. The second-order valence-electron chi connectivity index (χ2n) is 16.2. The predicted molar refractivity (Wildman–Crippen MR) is 203 cm³/mol. The summed E-state index contributed by atoms with van der Waals surface area (Å²) in [6, 6.07) is 9.59. The molecule has 0 spiro atoms. The zero-order valence-corrected chi connectivity index (χ0v) is 34.4. The largest absolute Gasteiger partial charge is 0.459 e. The second kappa shape index (κ2) is 18.1. The molecule has 0 radical (unpaired) electrons. The number of hydrogen-bond donors (Lipinski definition) is 1. The highest BCUT2D eigenvalue weighted by Crippen LogP contribution is 2.47. The maximum absolute atomic E-state index is 14.6. The molecule has 3 aliphatic heterocycles. The van der Waals surface area contributed by atoms with Crippen LogP contribution in [0.4, 0.5) is 0 Å². The van der Waals surface area contributed by atoms with E-state index >= 15 is 0 Å². The number of aliphatic hydroxyl groups excluding tert-OH is 1. The first-order chi connectivity index (χ1) is 24.9. The van der Waals surface area contributed by atoms with E-state index in [0.29, 0.717) is 25.0 Å². The van der Waals surface area contributed by atoms with Crippen LogP contribution in [0.25, 0.3) is 0 Å². The summed E-state index contributed by atoms with van der Waals surface area (Å²) in [4.78, 5) is 44.7. The Morgan fingerprint density at radius 2 is 1.68 bits per heavy atom. The van der Waals surface area contributed by atoms with Crippen molar-refractivity contribution in [2.75, 3.05) is 33.6 Å². The SMILES string of the molecule is CC[C@H]1OC(=O)C(C)C(=O)[C@H](C)[C@@H](O[C@@H]2O[C@H](C)C[C@H](N(C)C)[C@H]2O)[C@](C)(OC)CC(C)C(=O)C(C)[C@@H]2/C(=C/S(=O)CCc3ccccc3)CO[C@]12C. The summed E-state index contributed by atoms with van der Waals surface area (Å²) in [5.74, 6) is -4.63. The summed E-state index contributed by atoms with van der Waals surface area (Å²) in [6.07, 6.45) is -2.43. The number of fused-ring (bicyclic) bond motifs is 1. The number of ketones is 2. The van der Waals surface area contributed by atoms with Gasteiger partial charge >= 0.3 is 5.97 Å². The van der Waals surface area contributed by atoms with Crippen molar-refractivity contribution in [3.8, 4) is 0 Å². The van der Waals surface area contributed by atoms with Crippen molar-refractivity contribution in [2.45, 2.75) is 129 Å². The zero-order valence-electron chi connectivity index (χ0n) is 33.5. The number of Topliss-reactive ketones (excluding diaryl/α,β-unsaturated/α-hetero) is 2. The number of nitrogens with zero attached hydrogens (tertiary/aromatic N) is 1. The van der Waals surface area contributed by atoms with Crippen LogP contribution >= 0.6 is 0 Å². The number of esters is 1. The fourth-order valence-electron chi connectivity index (χ4n) is 8.83. The Morgan fingerprint density at radius 1 is 1.02 bits per heavy atom. The first kappa shape index (κ1) is 43.4. The van der Waals surface area contributed by atoms with Crippen LogP contribution in [0.1, 0.15) is 80.2 Å². The first-order valence-corrected chi connectivity index (χ1v) is 20.5. The van der Waals surface area contributed by atoms with Crippen molar-refractivity contribution in [3.05, 3.63) is 46.9 Å². The Morgan fingerprint density at radius 3 is 2.28 bits per heavy atom. The van der Waals surface area contributed by atoms with Crippen molar-refractivity contribution in [1.82, 2.24) is 4.90 Å². The van der Waals surface area contributed by atoms with Gasteiger partial charge in [0.15, 0.2) is 12.1 Å². The van der Waals surface area contributed by atoms with Gasteiger partial charge in [0.1, 0.15) is 29.5 Å². The fourth-order valence-corrected chi connectivity index (χ4v) is 9.94. The molecule has 53 heavy (non-hydrogen) atoms. The normalized spacial score (nSPS) is 40.5. The van der Waals surface area contributed by atoms with E-state index < -0.39 is 87.9 Å². The summed E-state index contributed by atoms with van der Waals surface area (Å²) >= 11 is 0. The lowest BCUT2D eigenvalue weighted by atomic mass is 9.69. The van der Waals surface area contributed by atoms with E-state index in [1.807, 2.05) is 83.9 Å². The maximum Gasteiger partial charge on any atom is 0.316 e. The van der Waals surface area contributed by atoms with Crippen molar-refractivity contribution < 1.29 is 47.4 Å². The Balaban J connectivity index is 1.74. The lowest BCUT2D eigenvalue weighted by Crippen LogP contribution is -2.59. The van der Waals surface area contributed by atoms with Crippen LogP contribution in [0, 0.1) is 29.6 Å². The molecule has 298 valence electrons. The minimum atomic E-state index is -1.35. The lowest BCUT2D eigenvalue weighted by Gasteiger charge is -2.47. The molecular weight excluding hydrogens is 699 g/mol. The Hall–Kier alpha value is -2.32. The minimum absolute atomic E-state index is 0.0736. The van der Waals surface area contributed by atoms with Gasteiger partial charge in [-0.05, 0) is 78.6 Å². The molecule has 4 rings (SSSR count). The van der Waals surface area contributed by atoms with Gasteiger partial charge in [0.05, 0.1) is 24.4 Å². The predicted octanol–water partition coefficient (Wildman–Crippen LogP) is 4.89. The van der Waals surface area contributed by atoms with Crippen LogP contribution in [-0.2, 0) is 55.3 Å². The molecule has 3 aliphatic rings. The molecule has 4 unspecified atom stereocenters. The monoisotopic (exact) mass is 761 g/mol. The van der Waals surface area contributed by atoms with E-state index in [0.717, 1.165) is 11.1 Å². The number of rotatable bonds is 9. The van der Waals surface area contributed by atoms with E-state index in [-0.39, 0.29) is 31.0 Å². The molecule has 0 aromatic heterocycles. The highest BCUT2D eigenvalue weighted by atomic mass is 32.2. The highest BCUT2D eigenvalue weighted by Gasteiger charge is 2.56. The van der Waals surface area contributed by atoms with Crippen molar-refractivity contribution >= 4 is 28.3 Å². The number of aryl methyl sites for hydroxylation is 1. The molecule has 3 heterocycles. The second-order valence-corrected chi connectivity index (χ2v) is 17.6. The minimum Gasteiger partial charge on any atom is -0.459 e. The number of likely N-dealkylation sites (N-methyl/N-ethyl adjacent to an activating group) is 1. The Labute approximate surface area is 318 Å². The summed E-state index contributed by atoms with van der Waals surface area (Å²) in [7, 11) is 3.92. The van der Waals surface area contributed by atoms with Crippen LogP contribution in [-0.4, -0.2) is 113 Å². The highest BCUT2D eigenvalue weighted by molar-refractivity contribution is 7.88. The first-order valence-electron chi connectivity index (χ1n) is 19.1. The lowest BCUT2D eigenvalue weighted by molar-refractivity contribution is -0.295. The molecule has 0 aliphatic carbocycles. The van der Waals surface area contributed by atoms with Gasteiger partial charge < -0.3 is 33.7 Å². The smallest absolute Gasteiger partial charge is 0.316 e. The number of methoxy groups -OCH3 is 1. The number of carbonyl (C=O) groups is 3. The molecule has 11 nitrogen and oxygen atoms in total. The third-order valence-corrected chi connectivity index (χ3v) is 13.2. The molecule has 1 aromatic rings. The molecule has 1 N–H and O–H groups in total. The molecule has 3 fully saturated rings. The Bertz CT molecular complexity index is 1490. The van der Waals surface area contributed by atoms with Crippen LogP contribution in [0.2, 0.25) is 0 Å². The van der Waals surface area contributed by atoms with Crippen LogP contribution in [0.15, 0.2) is 41.3 Å². The average molecular weight is 762 g/mol. The van der Waals surface area contributed by atoms with Crippen molar-refractivity contribution in [1.29, 1.82) is 0 Å². The van der Waals surface area contributed by atoms with Crippen LogP contribution < -0.4 is 0 Å². The Kier molecular flexibility index (Phi) is 14.8. The summed E-state index contributed by atoms with van der Waals surface area (Å²) in [5.41, 5.74) is -0.543. The van der Waals surface area contributed by atoms with E-state index in [2.05, 4.69) is 0 Å². The maximum atomic E-state index is 14.6. The number of carbonyl (C=O) groups excluding carboxylic acids is 3. The van der Waals surface area contributed by atoms with E-state index in [9.17, 15) is 23.7 Å². The molecule has 1 aromatic carbocycles. The third-order valence-electron chi connectivity index (χ3n) is 12.0. The van der Waals surface area contributed by atoms with Gasteiger partial charge in [-0.25, -0.2) is 0 Å². The third kappa shape index (κ3) is 9.56. The van der Waals surface area contributed by atoms with E-state index in [1.54, 1.807) is 19.3 Å².